The molecule has 10 heteroatoms. The normalized spacial score (nSPS) is 11.6. The Labute approximate surface area is 171 Å². The fraction of sp³-hybridized carbons (Fsp3) is 0.250. The third kappa shape index (κ3) is 2.46. The maximum absolute atomic E-state index is 13.2. The molecule has 0 radical (unpaired) electrons. The second-order valence-corrected chi connectivity index (χ2v) is 7.40. The summed E-state index contributed by atoms with van der Waals surface area (Å²) in [5.41, 5.74) is 3.58. The first-order valence-electron chi connectivity index (χ1n) is 9.36. The van der Waals surface area contributed by atoms with Gasteiger partial charge in [0.05, 0.1) is 50.1 Å². The van der Waals surface area contributed by atoms with Gasteiger partial charge in [0.25, 0.3) is 0 Å². The summed E-state index contributed by atoms with van der Waals surface area (Å²) in [7, 11) is 9.02. The molecule has 0 fully saturated rings. The Morgan fingerprint density at radius 1 is 1.17 bits per heavy atom. The minimum atomic E-state index is -0.141. The Hall–Kier alpha value is -3.95. The van der Waals surface area contributed by atoms with Gasteiger partial charge in [0.15, 0.2) is 6.20 Å². The zero-order chi connectivity index (χ0) is 21.2. The molecule has 0 aliphatic rings. The second-order valence-electron chi connectivity index (χ2n) is 7.40. The first-order valence-corrected chi connectivity index (χ1v) is 9.36. The van der Waals surface area contributed by atoms with Gasteiger partial charge >= 0.3 is 5.69 Å². The van der Waals surface area contributed by atoms with E-state index >= 15 is 0 Å². The van der Waals surface area contributed by atoms with Crippen LogP contribution in [0.1, 0.15) is 0 Å². The molecule has 0 N–H and O–H groups in total. The van der Waals surface area contributed by atoms with E-state index in [-0.39, 0.29) is 5.69 Å². The predicted molar refractivity (Wildman–Crippen MR) is 111 cm³/mol. The number of pyridine rings is 1. The average molecular weight is 405 g/mol. The molecule has 0 atom stereocenters. The minimum Gasteiger partial charge on any atom is -0.496 e. The minimum absolute atomic E-state index is 0.141. The summed E-state index contributed by atoms with van der Waals surface area (Å²) in [5, 5.41) is 9.10. The highest BCUT2D eigenvalue weighted by molar-refractivity contribution is 6.05. The molecule has 30 heavy (non-hydrogen) atoms. The lowest BCUT2D eigenvalue weighted by Crippen LogP contribution is -2.24. The van der Waals surface area contributed by atoms with E-state index in [1.54, 1.807) is 34.2 Å². The van der Waals surface area contributed by atoms with Gasteiger partial charge in [-0.3, -0.25) is 14.2 Å². The molecule has 0 bridgehead atoms. The number of rotatable bonds is 3. The van der Waals surface area contributed by atoms with E-state index in [1.807, 2.05) is 61.1 Å². The molecule has 0 unspecified atom stereocenters. The van der Waals surface area contributed by atoms with Crippen LogP contribution in [0.3, 0.4) is 0 Å². The molecule has 1 aromatic carbocycles. The van der Waals surface area contributed by atoms with E-state index < -0.39 is 0 Å². The van der Waals surface area contributed by atoms with Gasteiger partial charge in [-0.2, -0.15) is 0 Å². The zero-order valence-electron chi connectivity index (χ0n) is 17.4. The van der Waals surface area contributed by atoms with Gasteiger partial charge in [0.1, 0.15) is 11.4 Å². The SMILES string of the molecule is COc1cc2ncc3c(c2cc1-c1cn(C)nn1)n(-c1c[n+](C)cn1C)c(=O)n3C. The lowest BCUT2D eigenvalue weighted by Gasteiger charge is -2.09. The first-order chi connectivity index (χ1) is 14.4. The molecule has 0 amide bonds. The number of hydrogen-bond donors (Lipinski definition) is 0. The highest BCUT2D eigenvalue weighted by Crippen LogP contribution is 2.35. The lowest BCUT2D eigenvalue weighted by atomic mass is 10.1. The fourth-order valence-corrected chi connectivity index (χ4v) is 3.93. The Balaban J connectivity index is 1.94. The van der Waals surface area contributed by atoms with Gasteiger partial charge in [-0.1, -0.05) is 5.21 Å². The van der Waals surface area contributed by atoms with Crippen LogP contribution in [0.25, 0.3) is 39.0 Å². The molecule has 0 spiro atoms. The number of aryl methyl sites for hydroxylation is 4. The molecule has 5 aromatic rings. The van der Waals surface area contributed by atoms with E-state index in [2.05, 4.69) is 15.3 Å². The second kappa shape index (κ2) is 6.28. The standard InChI is InChI=1S/C20H21N8O2/c1-24-10-18(25(2)11-24)28-19-13-6-12(15-9-26(3)23-22-15)17(30-5)7-14(13)21-8-16(19)27(4)20(28)29/h6-11H,1-5H3/q+1. The molecule has 4 aromatic heterocycles. The van der Waals surface area contributed by atoms with Gasteiger partial charge in [-0.25, -0.2) is 18.5 Å². The monoisotopic (exact) mass is 405 g/mol. The van der Waals surface area contributed by atoms with Crippen LogP contribution in [0.2, 0.25) is 0 Å². The van der Waals surface area contributed by atoms with E-state index in [9.17, 15) is 4.79 Å². The van der Waals surface area contributed by atoms with Crippen molar-refractivity contribution in [2.24, 2.45) is 28.2 Å². The molecule has 0 aliphatic carbocycles. The summed E-state index contributed by atoms with van der Waals surface area (Å²) >= 11 is 0. The van der Waals surface area contributed by atoms with E-state index in [4.69, 9.17) is 4.74 Å². The Morgan fingerprint density at radius 3 is 2.60 bits per heavy atom. The topological polar surface area (TPSA) is 88.6 Å². The molecule has 0 saturated heterocycles. The van der Waals surface area contributed by atoms with E-state index in [1.165, 1.54) is 0 Å². The molecule has 4 heterocycles. The van der Waals surface area contributed by atoms with Crippen molar-refractivity contribution in [3.63, 3.8) is 0 Å². The summed E-state index contributed by atoms with van der Waals surface area (Å²) in [4.78, 5) is 17.8. The van der Waals surface area contributed by atoms with E-state index in [0.717, 1.165) is 33.3 Å². The molecule has 152 valence electrons. The Bertz CT molecular complexity index is 1500. The predicted octanol–water partition coefficient (Wildman–Crippen LogP) is 0.844. The maximum Gasteiger partial charge on any atom is 0.336 e. The lowest BCUT2D eigenvalue weighted by molar-refractivity contribution is -0.670. The highest BCUT2D eigenvalue weighted by Gasteiger charge is 2.23. The van der Waals surface area contributed by atoms with Crippen molar-refractivity contribution in [3.8, 4) is 22.8 Å². The molecule has 5 rings (SSSR count). The summed E-state index contributed by atoms with van der Waals surface area (Å²) in [5.74, 6) is 1.41. The van der Waals surface area contributed by atoms with Crippen molar-refractivity contribution in [2.75, 3.05) is 7.11 Å². The number of benzene rings is 1. The maximum atomic E-state index is 13.2. The van der Waals surface area contributed by atoms with Crippen LogP contribution < -0.4 is 15.0 Å². The van der Waals surface area contributed by atoms with Gasteiger partial charge in [0.2, 0.25) is 12.1 Å². The third-order valence-electron chi connectivity index (χ3n) is 5.35. The van der Waals surface area contributed by atoms with Crippen LogP contribution in [0.5, 0.6) is 5.75 Å². The van der Waals surface area contributed by atoms with Crippen LogP contribution in [-0.4, -0.2) is 40.8 Å². The van der Waals surface area contributed by atoms with Crippen molar-refractivity contribution in [1.82, 2.24) is 33.7 Å². The number of methoxy groups -OCH3 is 1. The van der Waals surface area contributed by atoms with Crippen molar-refractivity contribution >= 4 is 21.9 Å². The third-order valence-corrected chi connectivity index (χ3v) is 5.35. The first kappa shape index (κ1) is 18.1. The molecular weight excluding hydrogens is 384 g/mol. The quantitative estimate of drug-likeness (QED) is 0.415. The summed E-state index contributed by atoms with van der Waals surface area (Å²) in [6, 6.07) is 3.83. The van der Waals surface area contributed by atoms with Gasteiger partial charge in [0, 0.05) is 31.1 Å². The summed E-state index contributed by atoms with van der Waals surface area (Å²) in [6.45, 7) is 0. The molecule has 0 saturated carbocycles. The van der Waals surface area contributed by atoms with Crippen molar-refractivity contribution < 1.29 is 9.30 Å². The van der Waals surface area contributed by atoms with Crippen molar-refractivity contribution in [1.29, 1.82) is 0 Å². The highest BCUT2D eigenvalue weighted by atomic mass is 16.5. The Kier molecular flexibility index (Phi) is 3.79. The number of aromatic nitrogens is 8. The number of ether oxygens (including phenoxy) is 1. The van der Waals surface area contributed by atoms with Crippen LogP contribution >= 0.6 is 0 Å². The zero-order valence-corrected chi connectivity index (χ0v) is 17.4. The molecule has 0 aliphatic heterocycles. The average Bonchev–Trinajstić information content (AvgIpc) is 3.37. The number of nitrogens with zero attached hydrogens (tertiary/aromatic N) is 8. The number of hydrogen-bond acceptors (Lipinski definition) is 5. The Morgan fingerprint density at radius 2 is 1.97 bits per heavy atom. The van der Waals surface area contributed by atoms with Crippen LogP contribution in [-0.2, 0) is 28.2 Å². The van der Waals surface area contributed by atoms with Crippen molar-refractivity contribution in [3.05, 3.63) is 47.5 Å². The van der Waals surface area contributed by atoms with Gasteiger partial charge < -0.3 is 4.74 Å². The van der Waals surface area contributed by atoms with Crippen LogP contribution in [0, 0.1) is 0 Å². The fourth-order valence-electron chi connectivity index (χ4n) is 3.93. The van der Waals surface area contributed by atoms with Crippen LogP contribution in [0.4, 0.5) is 0 Å². The summed E-state index contributed by atoms with van der Waals surface area (Å²) in [6.07, 6.45) is 7.38. The summed E-state index contributed by atoms with van der Waals surface area (Å²) < 4.78 is 14.4. The molecular formula is C20H21N8O2+. The van der Waals surface area contributed by atoms with E-state index in [0.29, 0.717) is 11.4 Å². The molecule has 10 nitrogen and oxygen atoms in total. The van der Waals surface area contributed by atoms with Crippen LogP contribution in [0.15, 0.2) is 41.8 Å². The largest absolute Gasteiger partial charge is 0.496 e. The van der Waals surface area contributed by atoms with Gasteiger partial charge in [-0.15, -0.1) is 5.10 Å². The number of fused-ring (bicyclic) bond motifs is 3. The number of imidazole rings is 2. The van der Waals surface area contributed by atoms with Crippen molar-refractivity contribution in [2.45, 2.75) is 0 Å². The smallest absolute Gasteiger partial charge is 0.336 e. The van der Waals surface area contributed by atoms with Gasteiger partial charge in [-0.05, 0) is 6.07 Å².